The van der Waals surface area contributed by atoms with Gasteiger partial charge in [-0.15, -0.1) is 0 Å². The number of amides is 1. The van der Waals surface area contributed by atoms with E-state index < -0.39 is 0 Å². The maximum atomic E-state index is 12.5. The lowest BCUT2D eigenvalue weighted by Crippen LogP contribution is -2.25. The normalized spacial score (nSPS) is 16.9. The minimum absolute atomic E-state index is 0.195. The molecule has 1 N–H and O–H groups in total. The van der Waals surface area contributed by atoms with Gasteiger partial charge in [0, 0.05) is 22.2 Å². The Morgan fingerprint density at radius 3 is 2.58 bits per heavy atom. The van der Waals surface area contributed by atoms with Crippen molar-refractivity contribution < 1.29 is 14.3 Å². The number of carbonyl (C=O) groups excluding carboxylic acids is 2. The van der Waals surface area contributed by atoms with Crippen LogP contribution in [0.25, 0.3) is 0 Å². The van der Waals surface area contributed by atoms with E-state index in [0.717, 1.165) is 35.7 Å². The number of ether oxygens (including phenoxy) is 1. The van der Waals surface area contributed by atoms with Gasteiger partial charge in [0.05, 0.1) is 12.2 Å². The summed E-state index contributed by atoms with van der Waals surface area (Å²) in [7, 11) is 0. The molecular formula is C19H20BrNO3. The minimum Gasteiger partial charge on any atom is -0.462 e. The zero-order chi connectivity index (χ0) is 17.1. The average Bonchev–Trinajstić information content (AvgIpc) is 2.93. The van der Waals surface area contributed by atoms with Gasteiger partial charge in [-0.05, 0) is 62.4 Å². The second kappa shape index (κ2) is 7.34. The van der Waals surface area contributed by atoms with Crippen molar-refractivity contribution in [1.82, 2.24) is 5.32 Å². The maximum Gasteiger partial charge on any atom is 0.340 e. The molecule has 0 saturated carbocycles. The van der Waals surface area contributed by atoms with Gasteiger partial charge in [0.15, 0.2) is 0 Å². The first kappa shape index (κ1) is 17.0. The lowest BCUT2D eigenvalue weighted by atomic mass is 9.91. The Labute approximate surface area is 150 Å². The number of carbonyl (C=O) groups is 2. The molecule has 0 bridgehead atoms. The molecule has 0 aromatic heterocycles. The summed E-state index contributed by atoms with van der Waals surface area (Å²) < 4.78 is 6.14. The molecule has 0 saturated heterocycles. The van der Waals surface area contributed by atoms with E-state index >= 15 is 0 Å². The van der Waals surface area contributed by atoms with Gasteiger partial charge in [0.2, 0.25) is 0 Å². The fourth-order valence-corrected chi connectivity index (χ4v) is 3.58. The molecule has 4 nitrogen and oxygen atoms in total. The summed E-state index contributed by atoms with van der Waals surface area (Å²) in [4.78, 5) is 24.9. The van der Waals surface area contributed by atoms with Crippen LogP contribution in [0.4, 0.5) is 0 Å². The Morgan fingerprint density at radius 2 is 1.88 bits per heavy atom. The lowest BCUT2D eigenvalue weighted by molar-refractivity contribution is -0.138. The van der Waals surface area contributed by atoms with Crippen molar-refractivity contribution in [3.05, 3.63) is 56.7 Å². The minimum atomic E-state index is -0.324. The zero-order valence-electron chi connectivity index (χ0n) is 13.7. The predicted molar refractivity (Wildman–Crippen MR) is 95.4 cm³/mol. The molecule has 1 amide bonds. The SMILES string of the molecule is CCOC(=O)C1=C(NC(=O)c2ccc(Br)cc2)CC2=C1CCCC2. The molecule has 24 heavy (non-hydrogen) atoms. The van der Waals surface area contributed by atoms with Crippen LogP contribution in [0.2, 0.25) is 0 Å². The van der Waals surface area contributed by atoms with E-state index in [1.54, 1.807) is 19.1 Å². The molecule has 3 rings (SSSR count). The lowest BCUT2D eigenvalue weighted by Gasteiger charge is -2.15. The van der Waals surface area contributed by atoms with Crippen LogP contribution < -0.4 is 5.32 Å². The van der Waals surface area contributed by atoms with Gasteiger partial charge in [0.25, 0.3) is 5.91 Å². The van der Waals surface area contributed by atoms with Gasteiger partial charge in [-0.2, -0.15) is 0 Å². The van der Waals surface area contributed by atoms with E-state index in [1.807, 2.05) is 12.1 Å². The van der Waals surface area contributed by atoms with Crippen LogP contribution in [0, 0.1) is 0 Å². The Hall–Kier alpha value is -1.88. The van der Waals surface area contributed by atoms with Crippen LogP contribution >= 0.6 is 15.9 Å². The maximum absolute atomic E-state index is 12.5. The van der Waals surface area contributed by atoms with E-state index in [2.05, 4.69) is 21.2 Å². The second-order valence-electron chi connectivity index (χ2n) is 6.00. The molecule has 1 aromatic carbocycles. The molecule has 0 heterocycles. The van der Waals surface area contributed by atoms with Crippen LogP contribution in [0.3, 0.4) is 0 Å². The first-order valence-corrected chi connectivity index (χ1v) is 9.08. The summed E-state index contributed by atoms with van der Waals surface area (Å²) in [6.45, 7) is 2.13. The molecule has 2 aliphatic carbocycles. The molecule has 5 heteroatoms. The fourth-order valence-electron chi connectivity index (χ4n) is 3.32. The highest BCUT2D eigenvalue weighted by Crippen LogP contribution is 2.40. The number of hydrogen-bond donors (Lipinski definition) is 1. The standard InChI is InChI=1S/C19H20BrNO3/c1-2-24-19(23)17-15-6-4-3-5-13(15)11-16(17)21-18(22)12-7-9-14(20)10-8-12/h7-10H,2-6,11H2,1H3,(H,21,22). The Kier molecular flexibility index (Phi) is 5.19. The fraction of sp³-hybridized carbons (Fsp3) is 0.368. The molecular weight excluding hydrogens is 370 g/mol. The number of benzene rings is 1. The van der Waals surface area contributed by atoms with Crippen molar-refractivity contribution in [3.8, 4) is 0 Å². The molecule has 0 aliphatic heterocycles. The average molecular weight is 390 g/mol. The van der Waals surface area contributed by atoms with Crippen molar-refractivity contribution in [2.24, 2.45) is 0 Å². The quantitative estimate of drug-likeness (QED) is 0.782. The van der Waals surface area contributed by atoms with Gasteiger partial charge in [-0.3, -0.25) is 4.79 Å². The number of esters is 1. The van der Waals surface area contributed by atoms with Gasteiger partial charge in [-0.25, -0.2) is 4.79 Å². The summed E-state index contributed by atoms with van der Waals surface area (Å²) in [5, 5.41) is 2.94. The van der Waals surface area contributed by atoms with Crippen molar-refractivity contribution >= 4 is 27.8 Å². The van der Waals surface area contributed by atoms with Gasteiger partial charge in [0.1, 0.15) is 0 Å². The summed E-state index contributed by atoms with van der Waals surface area (Å²) >= 11 is 3.36. The monoisotopic (exact) mass is 389 g/mol. The van der Waals surface area contributed by atoms with Crippen LogP contribution in [0.1, 0.15) is 49.4 Å². The number of halogens is 1. The predicted octanol–water partition coefficient (Wildman–Crippen LogP) is 4.27. The van der Waals surface area contributed by atoms with Crippen LogP contribution in [-0.4, -0.2) is 18.5 Å². The van der Waals surface area contributed by atoms with Crippen molar-refractivity contribution in [1.29, 1.82) is 0 Å². The smallest absolute Gasteiger partial charge is 0.340 e. The third-order valence-corrected chi connectivity index (χ3v) is 4.95. The van der Waals surface area contributed by atoms with Gasteiger partial charge in [-0.1, -0.05) is 21.5 Å². The van der Waals surface area contributed by atoms with Crippen LogP contribution in [0.5, 0.6) is 0 Å². The van der Waals surface area contributed by atoms with Crippen molar-refractivity contribution in [3.63, 3.8) is 0 Å². The highest BCUT2D eigenvalue weighted by atomic mass is 79.9. The van der Waals surface area contributed by atoms with E-state index in [4.69, 9.17) is 4.74 Å². The van der Waals surface area contributed by atoms with E-state index in [0.29, 0.717) is 29.9 Å². The molecule has 0 unspecified atom stereocenters. The van der Waals surface area contributed by atoms with Crippen LogP contribution in [-0.2, 0) is 9.53 Å². The molecule has 0 atom stereocenters. The van der Waals surface area contributed by atoms with Gasteiger partial charge < -0.3 is 10.1 Å². The number of nitrogens with one attached hydrogen (secondary N) is 1. The largest absolute Gasteiger partial charge is 0.462 e. The molecule has 2 aliphatic rings. The number of hydrogen-bond acceptors (Lipinski definition) is 3. The summed E-state index contributed by atoms with van der Waals surface area (Å²) in [6, 6.07) is 7.17. The van der Waals surface area contributed by atoms with Crippen molar-refractivity contribution in [2.75, 3.05) is 6.61 Å². The molecule has 0 spiro atoms. The molecule has 0 fully saturated rings. The second-order valence-corrected chi connectivity index (χ2v) is 6.92. The van der Waals surface area contributed by atoms with Gasteiger partial charge >= 0.3 is 5.97 Å². The third kappa shape index (κ3) is 3.46. The summed E-state index contributed by atoms with van der Waals surface area (Å²) in [5.41, 5.74) is 4.20. The summed E-state index contributed by atoms with van der Waals surface area (Å²) in [5.74, 6) is -0.519. The molecule has 126 valence electrons. The highest BCUT2D eigenvalue weighted by molar-refractivity contribution is 9.10. The van der Waals surface area contributed by atoms with E-state index in [1.165, 1.54) is 5.57 Å². The highest BCUT2D eigenvalue weighted by Gasteiger charge is 2.32. The Morgan fingerprint density at radius 1 is 1.17 bits per heavy atom. The third-order valence-electron chi connectivity index (χ3n) is 4.43. The topological polar surface area (TPSA) is 55.4 Å². The Bertz CT molecular complexity index is 731. The van der Waals surface area contributed by atoms with E-state index in [9.17, 15) is 9.59 Å². The van der Waals surface area contributed by atoms with Crippen LogP contribution in [0.15, 0.2) is 51.2 Å². The molecule has 1 aromatic rings. The molecule has 0 radical (unpaired) electrons. The number of allylic oxidation sites excluding steroid dienone is 1. The number of rotatable bonds is 4. The van der Waals surface area contributed by atoms with E-state index in [-0.39, 0.29) is 11.9 Å². The Balaban J connectivity index is 1.86. The summed E-state index contributed by atoms with van der Waals surface area (Å²) in [6.07, 6.45) is 4.75. The van der Waals surface area contributed by atoms with Crippen molar-refractivity contribution in [2.45, 2.75) is 39.0 Å². The first-order valence-electron chi connectivity index (χ1n) is 8.28. The zero-order valence-corrected chi connectivity index (χ0v) is 15.2. The first-order chi connectivity index (χ1) is 11.6.